The third-order valence-corrected chi connectivity index (χ3v) is 4.70. The van der Waals surface area contributed by atoms with E-state index in [0.29, 0.717) is 36.5 Å². The quantitative estimate of drug-likeness (QED) is 0.537. The van der Waals surface area contributed by atoms with Gasteiger partial charge in [-0.1, -0.05) is 38.1 Å². The van der Waals surface area contributed by atoms with Crippen LogP contribution in [0.4, 0.5) is 8.78 Å². The average molecular weight is 414 g/mol. The van der Waals surface area contributed by atoms with E-state index >= 15 is 0 Å². The number of carbonyl (C=O) groups is 1. The first-order valence-electron chi connectivity index (χ1n) is 9.95. The number of benzene rings is 1. The van der Waals surface area contributed by atoms with Crippen LogP contribution in [0, 0.1) is 0 Å². The zero-order chi connectivity index (χ0) is 21.7. The number of aromatic carboxylic acids is 1. The Labute approximate surface area is 173 Å². The van der Waals surface area contributed by atoms with E-state index in [1.165, 1.54) is 10.7 Å². The highest BCUT2D eigenvalue weighted by Crippen LogP contribution is 2.31. The van der Waals surface area contributed by atoms with Crippen molar-refractivity contribution in [3.63, 3.8) is 0 Å². The summed E-state index contributed by atoms with van der Waals surface area (Å²) in [6.07, 6.45) is 2.72. The summed E-state index contributed by atoms with van der Waals surface area (Å²) in [4.78, 5) is 19.9. The smallest absolute Gasteiger partial charge is 0.336 e. The second-order valence-electron chi connectivity index (χ2n) is 7.11. The van der Waals surface area contributed by atoms with Gasteiger partial charge in [0, 0.05) is 31.1 Å². The van der Waals surface area contributed by atoms with Gasteiger partial charge < -0.3 is 5.11 Å². The van der Waals surface area contributed by atoms with E-state index in [9.17, 15) is 18.7 Å². The predicted octanol–water partition coefficient (Wildman–Crippen LogP) is 4.93. The van der Waals surface area contributed by atoms with Gasteiger partial charge in [-0.25, -0.2) is 14.5 Å². The number of carboxylic acid groups (broad SMARTS) is 1. The van der Waals surface area contributed by atoms with Gasteiger partial charge >= 0.3 is 11.9 Å². The number of carboxylic acids is 1. The number of nitrogens with zero attached hydrogens (tertiary/aromatic N) is 4. The second kappa shape index (κ2) is 9.11. The Balaban J connectivity index is 1.87. The average Bonchev–Trinajstić information content (AvgIpc) is 3.12. The van der Waals surface area contributed by atoms with Gasteiger partial charge in [0.15, 0.2) is 0 Å². The van der Waals surface area contributed by atoms with E-state index in [1.54, 1.807) is 43.5 Å². The van der Waals surface area contributed by atoms with Gasteiger partial charge in [-0.3, -0.25) is 4.98 Å². The molecule has 0 amide bonds. The van der Waals surface area contributed by atoms with E-state index in [1.807, 2.05) is 6.92 Å². The number of alkyl halides is 2. The molecule has 2 heterocycles. The van der Waals surface area contributed by atoms with E-state index in [-0.39, 0.29) is 12.0 Å². The molecule has 3 aromatic rings. The molecule has 0 saturated heterocycles. The lowest BCUT2D eigenvalue weighted by Crippen LogP contribution is -2.15. The lowest BCUT2D eigenvalue weighted by atomic mass is 10.0. The van der Waals surface area contributed by atoms with Crippen molar-refractivity contribution in [2.24, 2.45) is 0 Å². The van der Waals surface area contributed by atoms with Crippen molar-refractivity contribution < 1.29 is 18.7 Å². The SMILES string of the molecule is CCCn1nc(C(F)(F)CCC)nc1Cc1ccc(-c2ccccc2C(=O)O)nc1. The van der Waals surface area contributed by atoms with Crippen LogP contribution in [0.1, 0.15) is 60.7 Å². The highest BCUT2D eigenvalue weighted by molar-refractivity contribution is 5.95. The monoisotopic (exact) mass is 414 g/mol. The zero-order valence-electron chi connectivity index (χ0n) is 17.0. The number of halogens is 2. The lowest BCUT2D eigenvalue weighted by molar-refractivity contribution is -0.0232. The molecule has 0 bridgehead atoms. The summed E-state index contributed by atoms with van der Waals surface area (Å²) in [7, 11) is 0. The summed E-state index contributed by atoms with van der Waals surface area (Å²) in [6.45, 7) is 4.15. The van der Waals surface area contributed by atoms with Crippen LogP contribution in [0.3, 0.4) is 0 Å². The van der Waals surface area contributed by atoms with Crippen LogP contribution >= 0.6 is 0 Å². The normalized spacial score (nSPS) is 11.6. The summed E-state index contributed by atoms with van der Waals surface area (Å²) < 4.78 is 30.1. The molecule has 1 aromatic carbocycles. The fourth-order valence-electron chi connectivity index (χ4n) is 3.24. The maximum Gasteiger partial charge on any atom is 0.336 e. The number of aryl methyl sites for hydroxylation is 1. The van der Waals surface area contributed by atoms with Gasteiger partial charge in [0.25, 0.3) is 0 Å². The van der Waals surface area contributed by atoms with Crippen molar-refractivity contribution in [3.05, 3.63) is 65.4 Å². The summed E-state index contributed by atoms with van der Waals surface area (Å²) in [5, 5.41) is 13.4. The Hall–Kier alpha value is -3.16. The molecule has 0 aliphatic carbocycles. The van der Waals surface area contributed by atoms with Gasteiger partial charge in [-0.2, -0.15) is 8.78 Å². The maximum absolute atomic E-state index is 14.3. The maximum atomic E-state index is 14.3. The molecule has 8 heteroatoms. The number of pyridine rings is 1. The highest BCUT2D eigenvalue weighted by Gasteiger charge is 2.36. The molecule has 3 rings (SSSR count). The van der Waals surface area contributed by atoms with Crippen LogP contribution in [0.15, 0.2) is 42.6 Å². The fourth-order valence-corrected chi connectivity index (χ4v) is 3.24. The molecule has 30 heavy (non-hydrogen) atoms. The van der Waals surface area contributed by atoms with Crippen LogP contribution in [0.2, 0.25) is 0 Å². The Morgan fingerprint density at radius 2 is 1.90 bits per heavy atom. The minimum atomic E-state index is -3.05. The molecule has 1 N–H and O–H groups in total. The van der Waals surface area contributed by atoms with Gasteiger partial charge in [0.2, 0.25) is 5.82 Å². The summed E-state index contributed by atoms with van der Waals surface area (Å²) >= 11 is 0. The minimum absolute atomic E-state index is 0.170. The second-order valence-corrected chi connectivity index (χ2v) is 7.11. The third kappa shape index (κ3) is 4.69. The molecule has 0 radical (unpaired) electrons. The Morgan fingerprint density at radius 3 is 2.53 bits per heavy atom. The molecule has 0 fully saturated rings. The van der Waals surface area contributed by atoms with Crippen molar-refractivity contribution in [2.75, 3.05) is 0 Å². The topological polar surface area (TPSA) is 80.9 Å². The van der Waals surface area contributed by atoms with E-state index in [2.05, 4.69) is 15.1 Å². The number of hydrogen-bond donors (Lipinski definition) is 1. The van der Waals surface area contributed by atoms with Crippen LogP contribution in [-0.4, -0.2) is 30.8 Å². The van der Waals surface area contributed by atoms with Gasteiger partial charge in [-0.15, -0.1) is 5.10 Å². The molecule has 0 atom stereocenters. The van der Waals surface area contributed by atoms with Crippen LogP contribution < -0.4 is 0 Å². The van der Waals surface area contributed by atoms with Crippen LogP contribution in [0.25, 0.3) is 11.3 Å². The molecular weight excluding hydrogens is 390 g/mol. The lowest BCUT2D eigenvalue weighted by Gasteiger charge is -2.10. The third-order valence-electron chi connectivity index (χ3n) is 4.70. The van der Waals surface area contributed by atoms with E-state index in [4.69, 9.17) is 0 Å². The number of hydrogen-bond acceptors (Lipinski definition) is 4. The van der Waals surface area contributed by atoms with E-state index < -0.39 is 17.7 Å². The van der Waals surface area contributed by atoms with Crippen molar-refractivity contribution >= 4 is 5.97 Å². The predicted molar refractivity (Wildman–Crippen MR) is 109 cm³/mol. The molecule has 2 aromatic heterocycles. The number of aromatic nitrogens is 4. The Kier molecular flexibility index (Phi) is 6.54. The van der Waals surface area contributed by atoms with E-state index in [0.717, 1.165) is 12.0 Å². The first-order chi connectivity index (χ1) is 14.4. The van der Waals surface area contributed by atoms with Gasteiger partial charge in [0.05, 0.1) is 11.3 Å². The van der Waals surface area contributed by atoms with Crippen molar-refractivity contribution in [2.45, 2.75) is 52.0 Å². The van der Waals surface area contributed by atoms with Crippen LogP contribution in [0.5, 0.6) is 0 Å². The van der Waals surface area contributed by atoms with Crippen molar-refractivity contribution in [1.82, 2.24) is 19.7 Å². The fraction of sp³-hybridized carbons (Fsp3) is 0.364. The summed E-state index contributed by atoms with van der Waals surface area (Å²) in [5.41, 5.74) is 2.00. The van der Waals surface area contributed by atoms with Crippen molar-refractivity contribution in [3.8, 4) is 11.3 Å². The number of rotatable bonds is 9. The zero-order valence-corrected chi connectivity index (χ0v) is 17.0. The Morgan fingerprint density at radius 1 is 1.13 bits per heavy atom. The largest absolute Gasteiger partial charge is 0.478 e. The Bertz CT molecular complexity index is 1020. The standard InChI is InChI=1S/C22H24F2N4O2/c1-3-11-22(23,24)21-26-19(28(27-21)12-4-2)13-15-9-10-18(25-14-15)16-7-5-6-8-17(16)20(29)30/h5-10,14H,3-4,11-13H2,1-2H3,(H,29,30). The highest BCUT2D eigenvalue weighted by atomic mass is 19.3. The van der Waals surface area contributed by atoms with Crippen molar-refractivity contribution in [1.29, 1.82) is 0 Å². The van der Waals surface area contributed by atoms with Gasteiger partial charge in [-0.05, 0) is 30.5 Å². The molecule has 0 aliphatic rings. The minimum Gasteiger partial charge on any atom is -0.478 e. The molecular formula is C22H24F2N4O2. The molecule has 0 unspecified atom stereocenters. The molecule has 158 valence electrons. The first-order valence-corrected chi connectivity index (χ1v) is 9.95. The molecule has 0 saturated carbocycles. The van der Waals surface area contributed by atoms with Crippen LogP contribution in [-0.2, 0) is 18.9 Å². The summed E-state index contributed by atoms with van der Waals surface area (Å²) in [6, 6.07) is 10.2. The first kappa shape index (κ1) is 21.5. The molecule has 0 aliphatic heterocycles. The summed E-state index contributed by atoms with van der Waals surface area (Å²) in [5.74, 6) is -4.05. The molecule has 6 nitrogen and oxygen atoms in total. The van der Waals surface area contributed by atoms with Gasteiger partial charge in [0.1, 0.15) is 5.82 Å². The molecule has 0 spiro atoms.